The molecule has 2 rings (SSSR count). The normalized spacial score (nSPS) is 11.9. The second-order valence-corrected chi connectivity index (χ2v) is 4.61. The Kier molecular flexibility index (Phi) is 4.81. The number of hydrogen-bond acceptors (Lipinski definition) is 3. The first-order chi connectivity index (χ1) is 9.28. The lowest BCUT2D eigenvalue weighted by molar-refractivity contribution is 0.244. The Morgan fingerprint density at radius 2 is 1.63 bits per heavy atom. The molecular formula is C16H19NO2. The molecule has 0 radical (unpaired) electrons. The van der Waals surface area contributed by atoms with Gasteiger partial charge in [-0.15, -0.1) is 0 Å². The Bertz CT molecular complexity index is 482. The summed E-state index contributed by atoms with van der Waals surface area (Å²) < 4.78 is 5.71. The molecule has 3 heteroatoms. The third-order valence-electron chi connectivity index (χ3n) is 2.80. The molecule has 3 nitrogen and oxygen atoms in total. The molecule has 0 aliphatic carbocycles. The number of aliphatic hydroxyl groups excluding tert-OH is 1. The summed E-state index contributed by atoms with van der Waals surface area (Å²) in [5.74, 6) is 1.89. The van der Waals surface area contributed by atoms with Crippen LogP contribution in [0.25, 0.3) is 0 Å². The minimum Gasteiger partial charge on any atom is -0.457 e. The van der Waals surface area contributed by atoms with Gasteiger partial charge in [0.1, 0.15) is 11.5 Å². The van der Waals surface area contributed by atoms with Gasteiger partial charge in [0.25, 0.3) is 0 Å². The number of rotatable bonds is 6. The van der Waals surface area contributed by atoms with Crippen LogP contribution in [0.4, 0.5) is 5.69 Å². The Balaban J connectivity index is 1.91. The third kappa shape index (κ3) is 4.30. The minimum absolute atomic E-state index is 0.197. The van der Waals surface area contributed by atoms with Crippen LogP contribution >= 0.6 is 0 Å². The Labute approximate surface area is 113 Å². The van der Waals surface area contributed by atoms with Gasteiger partial charge in [0.15, 0.2) is 0 Å². The van der Waals surface area contributed by atoms with Crippen LogP contribution in [0.1, 0.15) is 6.92 Å². The lowest BCUT2D eigenvalue weighted by Gasteiger charge is -2.11. The van der Waals surface area contributed by atoms with E-state index in [0.29, 0.717) is 0 Å². The summed E-state index contributed by atoms with van der Waals surface area (Å²) in [5, 5.41) is 12.2. The summed E-state index contributed by atoms with van der Waals surface area (Å²) in [6.07, 6.45) is 0. The lowest BCUT2D eigenvalue weighted by atomic mass is 10.2. The predicted octanol–water partition coefficient (Wildman–Crippen LogP) is 3.52. The van der Waals surface area contributed by atoms with Crippen molar-refractivity contribution >= 4 is 5.69 Å². The van der Waals surface area contributed by atoms with Crippen molar-refractivity contribution in [3.63, 3.8) is 0 Å². The molecule has 0 fully saturated rings. The summed E-state index contributed by atoms with van der Waals surface area (Å²) >= 11 is 0. The van der Waals surface area contributed by atoms with E-state index >= 15 is 0 Å². The van der Waals surface area contributed by atoms with E-state index in [1.807, 2.05) is 61.5 Å². The highest BCUT2D eigenvalue weighted by Gasteiger charge is 2.00. The molecule has 0 saturated carbocycles. The van der Waals surface area contributed by atoms with Crippen LogP contribution in [0.15, 0.2) is 54.6 Å². The zero-order chi connectivity index (χ0) is 13.5. The fourth-order valence-corrected chi connectivity index (χ4v) is 1.62. The number of para-hydroxylation sites is 1. The first-order valence-electron chi connectivity index (χ1n) is 6.45. The van der Waals surface area contributed by atoms with E-state index in [0.717, 1.165) is 23.7 Å². The van der Waals surface area contributed by atoms with E-state index in [-0.39, 0.29) is 12.5 Å². The predicted molar refractivity (Wildman–Crippen MR) is 77.7 cm³/mol. The van der Waals surface area contributed by atoms with Gasteiger partial charge in [-0.1, -0.05) is 25.1 Å². The zero-order valence-electron chi connectivity index (χ0n) is 11.0. The molecule has 0 amide bonds. The highest BCUT2D eigenvalue weighted by Crippen LogP contribution is 2.22. The van der Waals surface area contributed by atoms with Crippen LogP contribution in [-0.4, -0.2) is 18.3 Å². The fourth-order valence-electron chi connectivity index (χ4n) is 1.62. The van der Waals surface area contributed by atoms with Gasteiger partial charge in [-0.25, -0.2) is 0 Å². The van der Waals surface area contributed by atoms with Crippen molar-refractivity contribution in [1.29, 1.82) is 0 Å². The standard InChI is InChI=1S/C16H19NO2/c1-13(12-18)11-17-14-7-9-16(10-8-14)19-15-5-3-2-4-6-15/h2-10,13,17-18H,11-12H2,1H3. The van der Waals surface area contributed by atoms with Crippen molar-refractivity contribution in [2.24, 2.45) is 5.92 Å². The Hall–Kier alpha value is -2.00. The second kappa shape index (κ2) is 6.81. The summed E-state index contributed by atoms with van der Waals surface area (Å²) in [6.45, 7) is 2.96. The van der Waals surface area contributed by atoms with Gasteiger partial charge in [0.2, 0.25) is 0 Å². The Morgan fingerprint density at radius 3 is 2.26 bits per heavy atom. The molecule has 2 aromatic rings. The maximum absolute atomic E-state index is 8.96. The van der Waals surface area contributed by atoms with Gasteiger partial charge in [0, 0.05) is 18.8 Å². The largest absolute Gasteiger partial charge is 0.457 e. The molecule has 1 unspecified atom stereocenters. The summed E-state index contributed by atoms with van der Waals surface area (Å²) in [6, 6.07) is 17.5. The van der Waals surface area contributed by atoms with E-state index in [9.17, 15) is 0 Å². The average molecular weight is 257 g/mol. The van der Waals surface area contributed by atoms with Crippen molar-refractivity contribution in [2.45, 2.75) is 6.92 Å². The topological polar surface area (TPSA) is 41.5 Å². The van der Waals surface area contributed by atoms with Gasteiger partial charge in [-0.05, 0) is 42.3 Å². The molecule has 19 heavy (non-hydrogen) atoms. The minimum atomic E-state index is 0.197. The first kappa shape index (κ1) is 13.4. The second-order valence-electron chi connectivity index (χ2n) is 4.61. The molecule has 0 bridgehead atoms. The van der Waals surface area contributed by atoms with Crippen LogP contribution in [0, 0.1) is 5.92 Å². The van der Waals surface area contributed by atoms with Crippen molar-refractivity contribution < 1.29 is 9.84 Å². The zero-order valence-corrected chi connectivity index (χ0v) is 11.0. The molecule has 2 aromatic carbocycles. The SMILES string of the molecule is CC(CO)CNc1ccc(Oc2ccccc2)cc1. The molecule has 0 aliphatic rings. The number of nitrogens with one attached hydrogen (secondary N) is 1. The number of anilines is 1. The molecule has 0 aromatic heterocycles. The van der Waals surface area contributed by atoms with Crippen LogP contribution < -0.4 is 10.1 Å². The lowest BCUT2D eigenvalue weighted by Crippen LogP contribution is -2.14. The quantitative estimate of drug-likeness (QED) is 0.832. The smallest absolute Gasteiger partial charge is 0.127 e. The van der Waals surface area contributed by atoms with E-state index in [2.05, 4.69) is 5.32 Å². The van der Waals surface area contributed by atoms with Crippen molar-refractivity contribution in [2.75, 3.05) is 18.5 Å². The molecule has 0 spiro atoms. The van der Waals surface area contributed by atoms with E-state index < -0.39 is 0 Å². The van der Waals surface area contributed by atoms with Crippen molar-refractivity contribution in [3.05, 3.63) is 54.6 Å². The summed E-state index contributed by atoms with van der Waals surface area (Å²) in [5.41, 5.74) is 1.03. The molecule has 0 heterocycles. The van der Waals surface area contributed by atoms with Crippen LogP contribution in [0.2, 0.25) is 0 Å². The van der Waals surface area contributed by atoms with E-state index in [4.69, 9.17) is 9.84 Å². The van der Waals surface area contributed by atoms with Crippen LogP contribution in [-0.2, 0) is 0 Å². The molecular weight excluding hydrogens is 238 g/mol. The number of aliphatic hydroxyl groups is 1. The molecule has 0 aliphatic heterocycles. The molecule has 0 saturated heterocycles. The van der Waals surface area contributed by atoms with E-state index in [1.165, 1.54) is 0 Å². The molecule has 2 N–H and O–H groups in total. The van der Waals surface area contributed by atoms with Crippen molar-refractivity contribution in [3.8, 4) is 11.5 Å². The van der Waals surface area contributed by atoms with Gasteiger partial charge in [-0.3, -0.25) is 0 Å². The monoisotopic (exact) mass is 257 g/mol. The van der Waals surface area contributed by atoms with Gasteiger partial charge >= 0.3 is 0 Å². The van der Waals surface area contributed by atoms with E-state index in [1.54, 1.807) is 0 Å². The van der Waals surface area contributed by atoms with Gasteiger partial charge in [-0.2, -0.15) is 0 Å². The fraction of sp³-hybridized carbons (Fsp3) is 0.250. The van der Waals surface area contributed by atoms with Crippen LogP contribution in [0.3, 0.4) is 0 Å². The maximum Gasteiger partial charge on any atom is 0.127 e. The first-order valence-corrected chi connectivity index (χ1v) is 6.45. The highest BCUT2D eigenvalue weighted by atomic mass is 16.5. The van der Waals surface area contributed by atoms with Gasteiger partial charge < -0.3 is 15.2 Å². The van der Waals surface area contributed by atoms with Gasteiger partial charge in [0.05, 0.1) is 0 Å². The molecule has 1 atom stereocenters. The summed E-state index contributed by atoms with van der Waals surface area (Å²) in [4.78, 5) is 0. The number of hydrogen-bond donors (Lipinski definition) is 2. The average Bonchev–Trinajstić information content (AvgIpc) is 2.47. The van der Waals surface area contributed by atoms with Crippen LogP contribution in [0.5, 0.6) is 11.5 Å². The molecule has 100 valence electrons. The number of benzene rings is 2. The Morgan fingerprint density at radius 1 is 1.00 bits per heavy atom. The number of ether oxygens (including phenoxy) is 1. The highest BCUT2D eigenvalue weighted by molar-refractivity contribution is 5.47. The third-order valence-corrected chi connectivity index (χ3v) is 2.80. The maximum atomic E-state index is 8.96. The van der Waals surface area contributed by atoms with Crippen molar-refractivity contribution in [1.82, 2.24) is 0 Å². The summed E-state index contributed by atoms with van der Waals surface area (Å²) in [7, 11) is 0.